The molecule has 0 bridgehead atoms. The molecule has 0 radical (unpaired) electrons. The minimum Gasteiger partial charge on any atom is -0.454 e. The van der Waals surface area contributed by atoms with E-state index in [1.54, 1.807) is 24.0 Å². The van der Waals surface area contributed by atoms with Gasteiger partial charge in [-0.2, -0.15) is 4.98 Å². The van der Waals surface area contributed by atoms with E-state index in [1.165, 1.54) is 0 Å². The molecule has 1 aromatic heterocycles. The second-order valence-corrected chi connectivity index (χ2v) is 6.36. The number of rotatable bonds is 2. The molecule has 0 spiro atoms. The fraction of sp³-hybridized carbons (Fsp3) is 0.438. The van der Waals surface area contributed by atoms with Gasteiger partial charge in [0.05, 0.1) is 5.02 Å². The molecule has 0 aliphatic carbocycles. The summed E-state index contributed by atoms with van der Waals surface area (Å²) in [6, 6.07) is 3.30. The van der Waals surface area contributed by atoms with Crippen molar-refractivity contribution in [2.45, 2.75) is 25.7 Å². The standard InChI is InChI=1S/C16H16ClN3O4/c1-9-18-15(19-24-9)10-3-2-4-20(7-10)16(21)11-5-12(17)14-13(6-11)22-8-23-14/h5-6,10H,2-4,7-8H2,1H3/t10-/m1/s1. The van der Waals surface area contributed by atoms with Crippen molar-refractivity contribution in [3.63, 3.8) is 0 Å². The fourth-order valence-corrected chi connectivity index (χ4v) is 3.39. The summed E-state index contributed by atoms with van der Waals surface area (Å²) in [7, 11) is 0. The number of aromatic nitrogens is 2. The van der Waals surface area contributed by atoms with Gasteiger partial charge in [0, 0.05) is 31.5 Å². The van der Waals surface area contributed by atoms with Crippen molar-refractivity contribution in [3.8, 4) is 11.5 Å². The van der Waals surface area contributed by atoms with Gasteiger partial charge >= 0.3 is 0 Å². The maximum atomic E-state index is 12.8. The summed E-state index contributed by atoms with van der Waals surface area (Å²) in [6.07, 6.45) is 1.83. The molecular weight excluding hydrogens is 334 g/mol. The zero-order chi connectivity index (χ0) is 16.7. The van der Waals surface area contributed by atoms with Gasteiger partial charge in [0.1, 0.15) is 0 Å². The largest absolute Gasteiger partial charge is 0.454 e. The number of likely N-dealkylation sites (tertiary alicyclic amines) is 1. The number of carbonyl (C=O) groups is 1. The topological polar surface area (TPSA) is 77.7 Å². The van der Waals surface area contributed by atoms with Crippen LogP contribution in [0.25, 0.3) is 0 Å². The average molecular weight is 350 g/mol. The van der Waals surface area contributed by atoms with Gasteiger partial charge in [-0.3, -0.25) is 4.79 Å². The van der Waals surface area contributed by atoms with Gasteiger partial charge in [0.2, 0.25) is 12.7 Å². The number of ether oxygens (including phenoxy) is 2. The molecule has 24 heavy (non-hydrogen) atoms. The van der Waals surface area contributed by atoms with Crippen molar-refractivity contribution in [1.82, 2.24) is 15.0 Å². The van der Waals surface area contributed by atoms with Gasteiger partial charge in [-0.05, 0) is 25.0 Å². The number of carbonyl (C=O) groups excluding carboxylic acids is 1. The van der Waals surface area contributed by atoms with Crippen LogP contribution >= 0.6 is 11.6 Å². The van der Waals surface area contributed by atoms with Gasteiger partial charge in [0.15, 0.2) is 17.3 Å². The summed E-state index contributed by atoms with van der Waals surface area (Å²) < 4.78 is 15.7. The molecule has 1 amide bonds. The Morgan fingerprint density at radius 3 is 3.04 bits per heavy atom. The zero-order valence-corrected chi connectivity index (χ0v) is 13.9. The second-order valence-electron chi connectivity index (χ2n) is 5.95. The van der Waals surface area contributed by atoms with Crippen molar-refractivity contribution in [3.05, 3.63) is 34.4 Å². The van der Waals surface area contributed by atoms with Crippen molar-refractivity contribution in [1.29, 1.82) is 0 Å². The molecule has 2 aliphatic rings. The molecule has 0 saturated carbocycles. The van der Waals surface area contributed by atoms with E-state index in [1.807, 2.05) is 0 Å². The van der Waals surface area contributed by atoms with Crippen LogP contribution in [0.5, 0.6) is 11.5 Å². The third kappa shape index (κ3) is 2.69. The van der Waals surface area contributed by atoms with E-state index in [0.29, 0.717) is 46.9 Å². The quantitative estimate of drug-likeness (QED) is 0.829. The lowest BCUT2D eigenvalue weighted by Crippen LogP contribution is -2.39. The highest BCUT2D eigenvalue weighted by atomic mass is 35.5. The maximum absolute atomic E-state index is 12.8. The smallest absolute Gasteiger partial charge is 0.254 e. The summed E-state index contributed by atoms with van der Waals surface area (Å²) >= 11 is 6.18. The molecule has 2 aliphatic heterocycles. The molecular formula is C16H16ClN3O4. The first-order valence-electron chi connectivity index (χ1n) is 7.80. The normalized spacial score (nSPS) is 19.6. The molecule has 4 rings (SSSR count). The number of hydrogen-bond donors (Lipinski definition) is 0. The van der Waals surface area contributed by atoms with Crippen LogP contribution in [0.1, 0.15) is 40.8 Å². The van der Waals surface area contributed by atoms with Gasteiger partial charge in [-0.15, -0.1) is 0 Å². The maximum Gasteiger partial charge on any atom is 0.254 e. The van der Waals surface area contributed by atoms with Crippen LogP contribution < -0.4 is 9.47 Å². The average Bonchev–Trinajstić information content (AvgIpc) is 3.23. The van der Waals surface area contributed by atoms with Gasteiger partial charge in [0.25, 0.3) is 5.91 Å². The monoisotopic (exact) mass is 349 g/mol. The summed E-state index contributed by atoms with van der Waals surface area (Å²) in [5.74, 6) is 2.20. The Hall–Kier alpha value is -2.28. The summed E-state index contributed by atoms with van der Waals surface area (Å²) in [5.41, 5.74) is 0.495. The highest BCUT2D eigenvalue weighted by molar-refractivity contribution is 6.32. The number of halogens is 1. The van der Waals surface area contributed by atoms with Gasteiger partial charge in [-0.1, -0.05) is 16.8 Å². The molecule has 2 aromatic rings. The predicted molar refractivity (Wildman–Crippen MR) is 84.5 cm³/mol. The van der Waals surface area contributed by atoms with E-state index in [0.717, 1.165) is 12.8 Å². The number of hydrogen-bond acceptors (Lipinski definition) is 6. The lowest BCUT2D eigenvalue weighted by atomic mass is 9.96. The van der Waals surface area contributed by atoms with E-state index in [-0.39, 0.29) is 18.6 Å². The van der Waals surface area contributed by atoms with E-state index < -0.39 is 0 Å². The highest BCUT2D eigenvalue weighted by Crippen LogP contribution is 2.40. The third-order valence-electron chi connectivity index (χ3n) is 4.29. The number of benzene rings is 1. The summed E-state index contributed by atoms with van der Waals surface area (Å²) in [5, 5.41) is 4.37. The molecule has 7 nitrogen and oxygen atoms in total. The SMILES string of the molecule is Cc1nc([C@@H]2CCCN(C(=O)c3cc(Cl)c4c(c3)OCO4)C2)no1. The Balaban J connectivity index is 1.55. The first-order valence-corrected chi connectivity index (χ1v) is 8.18. The number of amides is 1. The minimum atomic E-state index is -0.0832. The van der Waals surface area contributed by atoms with Crippen LogP contribution in [-0.4, -0.2) is 40.8 Å². The first kappa shape index (κ1) is 15.3. The molecule has 1 aromatic carbocycles. The second kappa shape index (κ2) is 5.98. The molecule has 0 unspecified atom stereocenters. The first-order chi connectivity index (χ1) is 11.6. The Bertz CT molecular complexity index is 792. The van der Waals surface area contributed by atoms with Crippen LogP contribution in [0.3, 0.4) is 0 Å². The number of fused-ring (bicyclic) bond motifs is 1. The van der Waals surface area contributed by atoms with Crippen molar-refractivity contribution in [2.24, 2.45) is 0 Å². The van der Waals surface area contributed by atoms with Gasteiger partial charge < -0.3 is 18.9 Å². The lowest BCUT2D eigenvalue weighted by molar-refractivity contribution is 0.0703. The van der Waals surface area contributed by atoms with Crippen LogP contribution in [0.2, 0.25) is 5.02 Å². The molecule has 1 fully saturated rings. The predicted octanol–water partition coefficient (Wildman–Crippen LogP) is 2.78. The molecule has 126 valence electrons. The lowest BCUT2D eigenvalue weighted by Gasteiger charge is -2.31. The molecule has 0 N–H and O–H groups in total. The molecule has 1 atom stereocenters. The summed E-state index contributed by atoms with van der Waals surface area (Å²) in [6.45, 7) is 3.13. The van der Waals surface area contributed by atoms with E-state index in [9.17, 15) is 4.79 Å². The zero-order valence-electron chi connectivity index (χ0n) is 13.1. The van der Waals surface area contributed by atoms with Crippen molar-refractivity contribution >= 4 is 17.5 Å². The fourth-order valence-electron chi connectivity index (χ4n) is 3.13. The number of nitrogens with zero attached hydrogens (tertiary/aromatic N) is 3. The Labute approximate surface area is 143 Å². The van der Waals surface area contributed by atoms with Gasteiger partial charge in [-0.25, -0.2) is 0 Å². The highest BCUT2D eigenvalue weighted by Gasteiger charge is 2.29. The number of piperidine rings is 1. The van der Waals surface area contributed by atoms with Crippen LogP contribution in [0.4, 0.5) is 0 Å². The molecule has 8 heteroatoms. The van der Waals surface area contributed by atoms with E-state index in [4.69, 9.17) is 25.6 Å². The Morgan fingerprint density at radius 2 is 2.25 bits per heavy atom. The van der Waals surface area contributed by atoms with Crippen LogP contribution in [-0.2, 0) is 0 Å². The third-order valence-corrected chi connectivity index (χ3v) is 4.57. The minimum absolute atomic E-state index is 0.0832. The molecule has 3 heterocycles. The van der Waals surface area contributed by atoms with E-state index in [2.05, 4.69) is 10.1 Å². The molecule has 1 saturated heterocycles. The van der Waals surface area contributed by atoms with Crippen LogP contribution in [0, 0.1) is 6.92 Å². The van der Waals surface area contributed by atoms with Crippen LogP contribution in [0.15, 0.2) is 16.7 Å². The Morgan fingerprint density at radius 1 is 1.38 bits per heavy atom. The summed E-state index contributed by atoms with van der Waals surface area (Å²) in [4.78, 5) is 18.9. The van der Waals surface area contributed by atoms with E-state index >= 15 is 0 Å². The van der Waals surface area contributed by atoms with Crippen molar-refractivity contribution in [2.75, 3.05) is 19.9 Å². The van der Waals surface area contributed by atoms with Crippen molar-refractivity contribution < 1.29 is 18.8 Å². The Kier molecular flexibility index (Phi) is 3.80. The number of aryl methyl sites for hydroxylation is 1.